The molecule has 1 aromatic carbocycles. The molecule has 5 nitrogen and oxygen atoms in total. The second-order valence-electron chi connectivity index (χ2n) is 5.86. The van der Waals surface area contributed by atoms with Gasteiger partial charge in [-0.2, -0.15) is 0 Å². The van der Waals surface area contributed by atoms with Gasteiger partial charge in [-0.1, -0.05) is 19.9 Å². The summed E-state index contributed by atoms with van der Waals surface area (Å²) in [6, 6.07) is 5.23. The molecular formula is C16H27ClN2O3. The average molecular weight is 331 g/mol. The van der Waals surface area contributed by atoms with E-state index in [2.05, 4.69) is 19.2 Å². The largest absolute Gasteiger partial charge is 0.493 e. The summed E-state index contributed by atoms with van der Waals surface area (Å²) in [5.74, 6) is 1.19. The van der Waals surface area contributed by atoms with Gasteiger partial charge in [0.05, 0.1) is 19.8 Å². The monoisotopic (exact) mass is 330 g/mol. The number of carbonyl (C=O) groups excluding carboxylic acids is 1. The van der Waals surface area contributed by atoms with E-state index in [4.69, 9.17) is 15.2 Å². The highest BCUT2D eigenvalue weighted by molar-refractivity contribution is 5.98. The average Bonchev–Trinajstić information content (AvgIpc) is 2.45. The Morgan fingerprint density at radius 2 is 1.95 bits per heavy atom. The third kappa shape index (κ3) is 5.07. The number of hydrogen-bond donors (Lipinski definition) is 2. The summed E-state index contributed by atoms with van der Waals surface area (Å²) in [5.41, 5.74) is 5.84. The van der Waals surface area contributed by atoms with E-state index in [1.165, 1.54) is 7.11 Å². The molecule has 1 atom stereocenters. The molecule has 6 heteroatoms. The molecule has 0 fully saturated rings. The Hall–Kier alpha value is -1.46. The summed E-state index contributed by atoms with van der Waals surface area (Å²) in [6.45, 7) is 6.54. The molecule has 0 aliphatic heterocycles. The quantitative estimate of drug-likeness (QED) is 0.806. The third-order valence-corrected chi connectivity index (χ3v) is 3.37. The van der Waals surface area contributed by atoms with E-state index in [1.54, 1.807) is 25.3 Å². The fourth-order valence-electron chi connectivity index (χ4n) is 2.49. The van der Waals surface area contributed by atoms with Crippen LogP contribution in [0.15, 0.2) is 18.2 Å². The number of nitrogens with one attached hydrogen (secondary N) is 1. The van der Waals surface area contributed by atoms with E-state index in [9.17, 15) is 4.79 Å². The van der Waals surface area contributed by atoms with Gasteiger partial charge in [0.15, 0.2) is 11.5 Å². The molecule has 3 N–H and O–H groups in total. The molecule has 0 bridgehead atoms. The van der Waals surface area contributed by atoms with Gasteiger partial charge in [-0.3, -0.25) is 4.79 Å². The lowest BCUT2D eigenvalue weighted by Gasteiger charge is -2.31. The Kier molecular flexibility index (Phi) is 8.27. The molecular weight excluding hydrogens is 304 g/mol. The lowest BCUT2D eigenvalue weighted by molar-refractivity contribution is 0.0894. The molecule has 0 spiro atoms. The van der Waals surface area contributed by atoms with Crippen molar-refractivity contribution in [3.8, 4) is 11.5 Å². The predicted octanol–water partition coefficient (Wildman–Crippen LogP) is 2.62. The molecule has 0 aliphatic carbocycles. The van der Waals surface area contributed by atoms with Crippen LogP contribution in [0, 0.1) is 5.92 Å². The SMILES string of the molecule is COc1cccc(C(=O)NC(C)(CN)CC(C)C)c1OC.Cl. The van der Waals surface area contributed by atoms with Crippen molar-refractivity contribution < 1.29 is 14.3 Å². The van der Waals surface area contributed by atoms with Gasteiger partial charge in [-0.05, 0) is 31.4 Å². The van der Waals surface area contributed by atoms with Crippen LogP contribution < -0.4 is 20.5 Å². The number of halogens is 1. The minimum Gasteiger partial charge on any atom is -0.493 e. The first-order chi connectivity index (χ1) is 9.86. The molecule has 0 heterocycles. The van der Waals surface area contributed by atoms with Crippen molar-refractivity contribution >= 4 is 18.3 Å². The van der Waals surface area contributed by atoms with Crippen LogP contribution in [-0.4, -0.2) is 32.2 Å². The topological polar surface area (TPSA) is 73.6 Å². The smallest absolute Gasteiger partial charge is 0.255 e. The molecule has 0 aromatic heterocycles. The summed E-state index contributed by atoms with van der Waals surface area (Å²) in [4.78, 5) is 12.5. The van der Waals surface area contributed by atoms with Crippen molar-refractivity contribution in [2.24, 2.45) is 11.7 Å². The van der Waals surface area contributed by atoms with Crippen LogP contribution in [0.5, 0.6) is 11.5 Å². The molecule has 1 amide bonds. The van der Waals surface area contributed by atoms with E-state index in [1.807, 2.05) is 6.92 Å². The zero-order chi connectivity index (χ0) is 16.0. The standard InChI is InChI=1S/C16H26N2O3.ClH/c1-11(2)9-16(3,10-17)18-15(19)12-7-6-8-13(20-4)14(12)21-5;/h6-8,11H,9-10,17H2,1-5H3,(H,18,19);1H. The maximum atomic E-state index is 12.5. The van der Waals surface area contributed by atoms with Gasteiger partial charge in [-0.25, -0.2) is 0 Å². The first kappa shape index (κ1) is 20.5. The van der Waals surface area contributed by atoms with Crippen LogP contribution >= 0.6 is 12.4 Å². The fourth-order valence-corrected chi connectivity index (χ4v) is 2.49. The number of rotatable bonds is 7. The number of methoxy groups -OCH3 is 2. The van der Waals surface area contributed by atoms with Gasteiger partial charge in [0.1, 0.15) is 0 Å². The molecule has 0 radical (unpaired) electrons. The third-order valence-electron chi connectivity index (χ3n) is 3.37. The summed E-state index contributed by atoms with van der Waals surface area (Å²) in [5, 5.41) is 3.02. The van der Waals surface area contributed by atoms with Gasteiger partial charge in [0.2, 0.25) is 0 Å². The molecule has 0 saturated heterocycles. The summed E-state index contributed by atoms with van der Waals surface area (Å²) in [7, 11) is 3.06. The Balaban J connectivity index is 0.00000441. The van der Waals surface area contributed by atoms with Crippen LogP contribution in [0.4, 0.5) is 0 Å². The molecule has 1 unspecified atom stereocenters. The van der Waals surface area contributed by atoms with E-state index in [0.717, 1.165) is 6.42 Å². The normalized spacial score (nSPS) is 13.0. The Bertz CT molecular complexity index is 494. The maximum Gasteiger partial charge on any atom is 0.255 e. The first-order valence-corrected chi connectivity index (χ1v) is 7.10. The molecule has 1 aromatic rings. The zero-order valence-corrected chi connectivity index (χ0v) is 14.8. The van der Waals surface area contributed by atoms with E-state index in [-0.39, 0.29) is 18.3 Å². The summed E-state index contributed by atoms with van der Waals surface area (Å²) in [6.07, 6.45) is 0.807. The lowest BCUT2D eigenvalue weighted by Crippen LogP contribution is -2.52. The number of benzene rings is 1. The number of ether oxygens (including phenoxy) is 2. The highest BCUT2D eigenvalue weighted by atomic mass is 35.5. The van der Waals surface area contributed by atoms with Gasteiger partial charge in [0.25, 0.3) is 5.91 Å². The van der Waals surface area contributed by atoms with Gasteiger partial charge in [-0.15, -0.1) is 12.4 Å². The number of para-hydroxylation sites is 1. The molecule has 0 aliphatic rings. The van der Waals surface area contributed by atoms with E-state index in [0.29, 0.717) is 29.5 Å². The minimum atomic E-state index is -0.445. The Morgan fingerprint density at radius 1 is 1.32 bits per heavy atom. The van der Waals surface area contributed by atoms with E-state index < -0.39 is 5.54 Å². The van der Waals surface area contributed by atoms with Crippen molar-refractivity contribution in [3.63, 3.8) is 0 Å². The van der Waals surface area contributed by atoms with E-state index >= 15 is 0 Å². The number of carbonyl (C=O) groups is 1. The van der Waals surface area contributed by atoms with Crippen molar-refractivity contribution in [3.05, 3.63) is 23.8 Å². The number of nitrogens with two attached hydrogens (primary N) is 1. The predicted molar refractivity (Wildman–Crippen MR) is 91.2 cm³/mol. The van der Waals surface area contributed by atoms with Crippen LogP contribution in [0.2, 0.25) is 0 Å². The Labute approximate surface area is 139 Å². The highest BCUT2D eigenvalue weighted by Gasteiger charge is 2.28. The fraction of sp³-hybridized carbons (Fsp3) is 0.562. The van der Waals surface area contributed by atoms with Crippen molar-refractivity contribution in [2.75, 3.05) is 20.8 Å². The van der Waals surface area contributed by atoms with Crippen LogP contribution in [0.3, 0.4) is 0 Å². The van der Waals surface area contributed by atoms with Crippen molar-refractivity contribution in [1.29, 1.82) is 0 Å². The first-order valence-electron chi connectivity index (χ1n) is 7.10. The highest BCUT2D eigenvalue weighted by Crippen LogP contribution is 2.31. The molecule has 22 heavy (non-hydrogen) atoms. The van der Waals surface area contributed by atoms with Crippen molar-refractivity contribution in [1.82, 2.24) is 5.32 Å². The van der Waals surface area contributed by atoms with Crippen molar-refractivity contribution in [2.45, 2.75) is 32.7 Å². The maximum absolute atomic E-state index is 12.5. The molecule has 0 saturated carbocycles. The number of hydrogen-bond acceptors (Lipinski definition) is 4. The van der Waals surface area contributed by atoms with Gasteiger partial charge < -0.3 is 20.5 Å². The summed E-state index contributed by atoms with van der Waals surface area (Å²) >= 11 is 0. The molecule has 1 rings (SSSR count). The minimum absolute atomic E-state index is 0. The lowest BCUT2D eigenvalue weighted by atomic mass is 9.90. The van der Waals surface area contributed by atoms with Gasteiger partial charge >= 0.3 is 0 Å². The zero-order valence-electron chi connectivity index (χ0n) is 13.9. The second kappa shape index (κ2) is 8.86. The van der Waals surface area contributed by atoms with Crippen LogP contribution in [-0.2, 0) is 0 Å². The second-order valence-corrected chi connectivity index (χ2v) is 5.86. The summed E-state index contributed by atoms with van der Waals surface area (Å²) < 4.78 is 10.5. The Morgan fingerprint density at radius 3 is 2.41 bits per heavy atom. The van der Waals surface area contributed by atoms with Gasteiger partial charge in [0, 0.05) is 12.1 Å². The van der Waals surface area contributed by atoms with Crippen LogP contribution in [0.25, 0.3) is 0 Å². The molecule has 126 valence electrons. The number of amides is 1. The van der Waals surface area contributed by atoms with Crippen LogP contribution in [0.1, 0.15) is 37.6 Å².